The van der Waals surface area contributed by atoms with Crippen LogP contribution >= 0.6 is 0 Å². The summed E-state index contributed by atoms with van der Waals surface area (Å²) in [6.45, 7) is 8.18. The van der Waals surface area contributed by atoms with Crippen LogP contribution in [0.4, 0.5) is 0 Å². The van der Waals surface area contributed by atoms with Crippen molar-refractivity contribution in [1.29, 1.82) is 0 Å². The van der Waals surface area contributed by atoms with Crippen molar-refractivity contribution < 1.29 is 9.47 Å². The van der Waals surface area contributed by atoms with Gasteiger partial charge in [-0.3, -0.25) is 0 Å². The van der Waals surface area contributed by atoms with Crippen LogP contribution in [0.15, 0.2) is 0 Å². The zero-order chi connectivity index (χ0) is 10.9. The van der Waals surface area contributed by atoms with Crippen molar-refractivity contribution in [2.75, 3.05) is 13.2 Å². The van der Waals surface area contributed by atoms with E-state index in [9.17, 15) is 0 Å². The molecule has 1 atom stereocenters. The van der Waals surface area contributed by atoms with Crippen LogP contribution in [-0.4, -0.2) is 37.0 Å². The predicted molar refractivity (Wildman–Crippen MR) is 60.0 cm³/mol. The maximum Gasteiger partial charge on any atom is 0.0620 e. The zero-order valence-corrected chi connectivity index (χ0v) is 10.1. The molecule has 0 aromatic carbocycles. The van der Waals surface area contributed by atoms with E-state index in [2.05, 4.69) is 26.1 Å². The molecule has 0 spiro atoms. The van der Waals surface area contributed by atoms with Gasteiger partial charge in [0.15, 0.2) is 0 Å². The Morgan fingerprint density at radius 3 is 2.47 bits per heavy atom. The van der Waals surface area contributed by atoms with Gasteiger partial charge in [-0.15, -0.1) is 0 Å². The first-order valence-corrected chi connectivity index (χ1v) is 6.04. The molecular formula is C12H23NO2. The average molecular weight is 213 g/mol. The van der Waals surface area contributed by atoms with E-state index in [1.807, 2.05) is 0 Å². The van der Waals surface area contributed by atoms with Crippen LogP contribution in [0.2, 0.25) is 0 Å². The van der Waals surface area contributed by atoms with Crippen LogP contribution in [0.1, 0.15) is 40.0 Å². The molecule has 0 aromatic rings. The minimum atomic E-state index is 0.00606. The first-order chi connectivity index (χ1) is 7.03. The Hall–Kier alpha value is -0.120. The molecule has 2 rings (SSSR count). The molecular weight excluding hydrogens is 190 g/mol. The van der Waals surface area contributed by atoms with Crippen LogP contribution in [-0.2, 0) is 9.47 Å². The fraction of sp³-hybridized carbons (Fsp3) is 1.00. The van der Waals surface area contributed by atoms with Crippen molar-refractivity contribution in [2.45, 2.75) is 63.8 Å². The van der Waals surface area contributed by atoms with E-state index in [1.165, 1.54) is 6.42 Å². The highest BCUT2D eigenvalue weighted by Gasteiger charge is 2.34. The van der Waals surface area contributed by atoms with Gasteiger partial charge in [-0.25, -0.2) is 0 Å². The Labute approximate surface area is 92.5 Å². The molecule has 1 heterocycles. The highest BCUT2D eigenvalue weighted by Crippen LogP contribution is 2.28. The smallest absolute Gasteiger partial charge is 0.0620 e. The Bertz CT molecular complexity index is 200. The maximum absolute atomic E-state index is 5.90. The van der Waals surface area contributed by atoms with Crippen LogP contribution in [0.3, 0.4) is 0 Å². The Balaban J connectivity index is 1.61. The Morgan fingerprint density at radius 1 is 1.20 bits per heavy atom. The summed E-state index contributed by atoms with van der Waals surface area (Å²) in [6.07, 6.45) is 3.95. The van der Waals surface area contributed by atoms with Gasteiger partial charge in [0.2, 0.25) is 0 Å². The SMILES string of the molecule is CC(C)(C)OC1CC(NC2CCOC2)C1. The van der Waals surface area contributed by atoms with E-state index >= 15 is 0 Å². The standard InChI is InChI=1S/C12H23NO2/c1-12(2,3)15-11-6-10(7-11)13-9-4-5-14-8-9/h9-11,13H,4-8H2,1-3H3. The molecule has 3 nitrogen and oxygen atoms in total. The summed E-state index contributed by atoms with van der Waals surface area (Å²) in [7, 11) is 0. The van der Waals surface area contributed by atoms with Gasteiger partial charge >= 0.3 is 0 Å². The second kappa shape index (κ2) is 4.40. The molecule has 2 fully saturated rings. The summed E-state index contributed by atoms with van der Waals surface area (Å²) < 4.78 is 11.2. The lowest BCUT2D eigenvalue weighted by molar-refractivity contribution is -0.103. The number of hydrogen-bond donors (Lipinski definition) is 1. The molecule has 0 radical (unpaired) electrons. The van der Waals surface area contributed by atoms with E-state index < -0.39 is 0 Å². The number of nitrogens with one attached hydrogen (secondary N) is 1. The van der Waals surface area contributed by atoms with Crippen molar-refractivity contribution in [3.05, 3.63) is 0 Å². The molecule has 0 bridgehead atoms. The lowest BCUT2D eigenvalue weighted by Gasteiger charge is -2.40. The zero-order valence-electron chi connectivity index (χ0n) is 10.1. The lowest BCUT2D eigenvalue weighted by atomic mass is 9.88. The molecule has 1 unspecified atom stereocenters. The van der Waals surface area contributed by atoms with Gasteiger partial charge in [0.25, 0.3) is 0 Å². The molecule has 1 saturated heterocycles. The largest absolute Gasteiger partial charge is 0.380 e. The highest BCUT2D eigenvalue weighted by molar-refractivity contribution is 4.90. The molecule has 1 aliphatic carbocycles. The summed E-state index contributed by atoms with van der Waals surface area (Å²) >= 11 is 0. The fourth-order valence-corrected chi connectivity index (χ4v) is 2.30. The van der Waals surface area contributed by atoms with Gasteiger partial charge in [0.1, 0.15) is 0 Å². The van der Waals surface area contributed by atoms with Gasteiger partial charge in [0.05, 0.1) is 18.3 Å². The summed E-state index contributed by atoms with van der Waals surface area (Å²) in [5.41, 5.74) is 0.00606. The van der Waals surface area contributed by atoms with E-state index in [4.69, 9.17) is 9.47 Å². The summed E-state index contributed by atoms with van der Waals surface area (Å²) in [6, 6.07) is 1.25. The Kier molecular flexibility index (Phi) is 3.33. The van der Waals surface area contributed by atoms with Crippen LogP contribution in [0.25, 0.3) is 0 Å². The first kappa shape index (κ1) is 11.4. The Morgan fingerprint density at radius 2 is 1.93 bits per heavy atom. The van der Waals surface area contributed by atoms with Crippen LogP contribution < -0.4 is 5.32 Å². The van der Waals surface area contributed by atoms with E-state index in [0.29, 0.717) is 18.2 Å². The number of hydrogen-bond acceptors (Lipinski definition) is 3. The molecule has 1 saturated carbocycles. The van der Waals surface area contributed by atoms with Crippen molar-refractivity contribution in [1.82, 2.24) is 5.32 Å². The molecule has 3 heteroatoms. The third-order valence-corrected chi connectivity index (χ3v) is 3.02. The van der Waals surface area contributed by atoms with Gasteiger partial charge in [-0.2, -0.15) is 0 Å². The predicted octanol–water partition coefficient (Wildman–Crippen LogP) is 1.71. The monoisotopic (exact) mass is 213 g/mol. The van der Waals surface area contributed by atoms with Crippen molar-refractivity contribution >= 4 is 0 Å². The maximum atomic E-state index is 5.90. The minimum absolute atomic E-state index is 0.00606. The third-order valence-electron chi connectivity index (χ3n) is 3.02. The van der Waals surface area contributed by atoms with E-state index in [1.54, 1.807) is 0 Å². The second-order valence-corrected chi connectivity index (χ2v) is 5.75. The summed E-state index contributed by atoms with van der Waals surface area (Å²) in [4.78, 5) is 0. The van der Waals surface area contributed by atoms with Gasteiger partial charge < -0.3 is 14.8 Å². The molecule has 2 aliphatic rings. The van der Waals surface area contributed by atoms with Crippen molar-refractivity contribution in [3.63, 3.8) is 0 Å². The van der Waals surface area contributed by atoms with Gasteiger partial charge in [-0.05, 0) is 40.0 Å². The molecule has 1 N–H and O–H groups in total. The van der Waals surface area contributed by atoms with Gasteiger partial charge in [0, 0.05) is 18.7 Å². The minimum Gasteiger partial charge on any atom is -0.380 e. The first-order valence-electron chi connectivity index (χ1n) is 6.04. The summed E-state index contributed by atoms with van der Waals surface area (Å²) in [5, 5.41) is 3.63. The average Bonchev–Trinajstić information content (AvgIpc) is 2.50. The van der Waals surface area contributed by atoms with Crippen molar-refractivity contribution in [2.24, 2.45) is 0 Å². The lowest BCUT2D eigenvalue weighted by Crippen LogP contribution is -2.51. The number of rotatable bonds is 3. The number of ether oxygens (including phenoxy) is 2. The van der Waals surface area contributed by atoms with Crippen LogP contribution in [0, 0.1) is 0 Å². The summed E-state index contributed by atoms with van der Waals surface area (Å²) in [5.74, 6) is 0. The second-order valence-electron chi connectivity index (χ2n) is 5.75. The molecule has 0 amide bonds. The van der Waals surface area contributed by atoms with Crippen molar-refractivity contribution in [3.8, 4) is 0 Å². The quantitative estimate of drug-likeness (QED) is 0.774. The van der Waals surface area contributed by atoms with E-state index in [-0.39, 0.29) is 5.60 Å². The highest BCUT2D eigenvalue weighted by atomic mass is 16.5. The molecule has 0 aromatic heterocycles. The molecule has 88 valence electrons. The molecule has 15 heavy (non-hydrogen) atoms. The molecule has 1 aliphatic heterocycles. The van der Waals surface area contributed by atoms with Crippen LogP contribution in [0.5, 0.6) is 0 Å². The van der Waals surface area contributed by atoms with E-state index in [0.717, 1.165) is 26.1 Å². The topological polar surface area (TPSA) is 30.5 Å². The third kappa shape index (κ3) is 3.44. The fourth-order valence-electron chi connectivity index (χ4n) is 2.30. The van der Waals surface area contributed by atoms with Gasteiger partial charge in [-0.1, -0.05) is 0 Å². The normalized spacial score (nSPS) is 36.6.